The van der Waals surface area contributed by atoms with E-state index in [2.05, 4.69) is 23.4 Å². The van der Waals surface area contributed by atoms with Crippen molar-refractivity contribution in [1.29, 1.82) is 0 Å². The summed E-state index contributed by atoms with van der Waals surface area (Å²) in [5.74, 6) is 2.35. The Labute approximate surface area is 128 Å². The van der Waals surface area contributed by atoms with Crippen molar-refractivity contribution in [2.45, 2.75) is 65.0 Å². The number of ether oxygens (including phenoxy) is 1. The number of hydrogen-bond acceptors (Lipinski definition) is 3. The van der Waals surface area contributed by atoms with E-state index in [4.69, 9.17) is 4.74 Å². The SMILES string of the molecule is CCCCCCSCC(Cn1ccnc1)OCCCC. The van der Waals surface area contributed by atoms with Crippen molar-refractivity contribution in [3.05, 3.63) is 18.7 Å². The zero-order valence-corrected chi connectivity index (χ0v) is 13.9. The van der Waals surface area contributed by atoms with Crippen molar-refractivity contribution < 1.29 is 4.74 Å². The molecule has 0 aliphatic carbocycles. The molecule has 0 bridgehead atoms. The first-order chi connectivity index (χ1) is 9.86. The summed E-state index contributed by atoms with van der Waals surface area (Å²) in [6, 6.07) is 0. The zero-order valence-electron chi connectivity index (χ0n) is 13.1. The molecule has 1 atom stereocenters. The number of hydrogen-bond donors (Lipinski definition) is 0. The quantitative estimate of drug-likeness (QED) is 0.506. The third-order valence-corrected chi connectivity index (χ3v) is 4.46. The third kappa shape index (κ3) is 8.64. The Morgan fingerprint density at radius 2 is 2.00 bits per heavy atom. The highest BCUT2D eigenvalue weighted by molar-refractivity contribution is 7.99. The van der Waals surface area contributed by atoms with Crippen LogP contribution in [0.1, 0.15) is 52.4 Å². The van der Waals surface area contributed by atoms with Crippen LogP contribution in [0.4, 0.5) is 0 Å². The highest BCUT2D eigenvalue weighted by Gasteiger charge is 2.10. The molecule has 0 saturated carbocycles. The summed E-state index contributed by atoms with van der Waals surface area (Å²) in [7, 11) is 0. The highest BCUT2D eigenvalue weighted by atomic mass is 32.2. The zero-order chi connectivity index (χ0) is 14.5. The maximum atomic E-state index is 6.01. The summed E-state index contributed by atoms with van der Waals surface area (Å²) in [5, 5.41) is 0. The molecule has 0 spiro atoms. The first-order valence-corrected chi connectivity index (χ1v) is 9.17. The van der Waals surface area contributed by atoms with Gasteiger partial charge in [-0.15, -0.1) is 0 Å². The molecule has 20 heavy (non-hydrogen) atoms. The fourth-order valence-corrected chi connectivity index (χ4v) is 3.06. The Kier molecular flexibility index (Phi) is 10.8. The van der Waals surface area contributed by atoms with Gasteiger partial charge >= 0.3 is 0 Å². The lowest BCUT2D eigenvalue weighted by molar-refractivity contribution is 0.0556. The topological polar surface area (TPSA) is 27.1 Å². The van der Waals surface area contributed by atoms with Gasteiger partial charge in [-0.05, 0) is 18.6 Å². The predicted molar refractivity (Wildman–Crippen MR) is 88.3 cm³/mol. The molecule has 1 unspecified atom stereocenters. The van der Waals surface area contributed by atoms with Gasteiger partial charge in [-0.3, -0.25) is 0 Å². The van der Waals surface area contributed by atoms with Gasteiger partial charge in [0.05, 0.1) is 19.0 Å². The molecule has 4 heteroatoms. The van der Waals surface area contributed by atoms with Crippen LogP contribution in [0.15, 0.2) is 18.7 Å². The van der Waals surface area contributed by atoms with E-state index in [0.717, 1.165) is 25.3 Å². The van der Waals surface area contributed by atoms with Crippen LogP contribution in [0.2, 0.25) is 0 Å². The summed E-state index contributed by atoms with van der Waals surface area (Å²) in [4.78, 5) is 4.10. The average molecular weight is 298 g/mol. The molecule has 0 aliphatic heterocycles. The fourth-order valence-electron chi connectivity index (χ4n) is 2.02. The van der Waals surface area contributed by atoms with E-state index in [1.165, 1.54) is 37.9 Å². The third-order valence-electron chi connectivity index (χ3n) is 3.27. The lowest BCUT2D eigenvalue weighted by Gasteiger charge is -2.18. The van der Waals surface area contributed by atoms with E-state index >= 15 is 0 Å². The highest BCUT2D eigenvalue weighted by Crippen LogP contribution is 2.12. The minimum atomic E-state index is 0.312. The molecule has 0 amide bonds. The smallest absolute Gasteiger partial charge is 0.0946 e. The van der Waals surface area contributed by atoms with Crippen LogP contribution < -0.4 is 0 Å². The van der Waals surface area contributed by atoms with Crippen molar-refractivity contribution in [3.8, 4) is 0 Å². The summed E-state index contributed by atoms with van der Waals surface area (Å²) >= 11 is 2.03. The number of unbranched alkanes of at least 4 members (excludes halogenated alkanes) is 4. The Morgan fingerprint density at radius 1 is 1.15 bits per heavy atom. The standard InChI is InChI=1S/C16H30N2OS/c1-3-5-7-8-12-20-14-16(19-11-6-4-2)13-18-10-9-17-15-18/h9-10,15-16H,3-8,11-14H2,1-2H3. The van der Waals surface area contributed by atoms with Gasteiger partial charge < -0.3 is 9.30 Å². The first kappa shape index (κ1) is 17.6. The average Bonchev–Trinajstić information content (AvgIpc) is 2.95. The van der Waals surface area contributed by atoms with Crippen LogP contribution >= 0.6 is 11.8 Å². The monoisotopic (exact) mass is 298 g/mol. The predicted octanol–water partition coefficient (Wildman–Crippen LogP) is 4.38. The molecule has 1 aromatic rings. The van der Waals surface area contributed by atoms with Crippen LogP contribution in [0, 0.1) is 0 Å². The van der Waals surface area contributed by atoms with Gasteiger partial charge in [0.1, 0.15) is 0 Å². The molecule has 0 N–H and O–H groups in total. The lowest BCUT2D eigenvalue weighted by atomic mass is 10.2. The Balaban J connectivity index is 2.19. The number of nitrogens with zero attached hydrogens (tertiary/aromatic N) is 2. The maximum absolute atomic E-state index is 6.01. The van der Waals surface area contributed by atoms with Gasteiger partial charge in [-0.2, -0.15) is 11.8 Å². The number of aromatic nitrogens is 2. The Hall–Kier alpha value is -0.480. The second kappa shape index (κ2) is 12.3. The fraction of sp³-hybridized carbons (Fsp3) is 0.812. The van der Waals surface area contributed by atoms with E-state index in [1.807, 2.05) is 30.5 Å². The Morgan fingerprint density at radius 3 is 2.70 bits per heavy atom. The van der Waals surface area contributed by atoms with Crippen LogP contribution in [0.25, 0.3) is 0 Å². The summed E-state index contributed by atoms with van der Waals surface area (Å²) in [6.07, 6.45) is 13.8. The van der Waals surface area contributed by atoms with Crippen LogP contribution in [-0.2, 0) is 11.3 Å². The minimum absolute atomic E-state index is 0.312. The van der Waals surface area contributed by atoms with Crippen molar-refractivity contribution in [3.63, 3.8) is 0 Å². The molecule has 0 aliphatic rings. The first-order valence-electron chi connectivity index (χ1n) is 8.01. The van der Waals surface area contributed by atoms with E-state index in [-0.39, 0.29) is 0 Å². The van der Waals surface area contributed by atoms with Gasteiger partial charge in [0, 0.05) is 24.8 Å². The molecule has 3 nitrogen and oxygen atoms in total. The lowest BCUT2D eigenvalue weighted by Crippen LogP contribution is -2.23. The van der Waals surface area contributed by atoms with E-state index < -0.39 is 0 Å². The molecule has 0 fully saturated rings. The molecule has 0 aromatic carbocycles. The van der Waals surface area contributed by atoms with Gasteiger partial charge in [-0.25, -0.2) is 4.98 Å². The normalized spacial score (nSPS) is 12.7. The van der Waals surface area contributed by atoms with Gasteiger partial charge in [0.25, 0.3) is 0 Å². The minimum Gasteiger partial charge on any atom is -0.376 e. The molecule has 0 radical (unpaired) electrons. The van der Waals surface area contributed by atoms with E-state index in [0.29, 0.717) is 6.10 Å². The van der Waals surface area contributed by atoms with E-state index in [9.17, 15) is 0 Å². The summed E-state index contributed by atoms with van der Waals surface area (Å²) in [5.41, 5.74) is 0. The number of thioether (sulfide) groups is 1. The largest absolute Gasteiger partial charge is 0.376 e. The van der Waals surface area contributed by atoms with Crippen LogP contribution in [-0.4, -0.2) is 33.8 Å². The van der Waals surface area contributed by atoms with Crippen LogP contribution in [0.3, 0.4) is 0 Å². The molecule has 1 rings (SSSR count). The van der Waals surface area contributed by atoms with Gasteiger partial charge in [0.15, 0.2) is 0 Å². The van der Waals surface area contributed by atoms with Crippen molar-refractivity contribution in [2.75, 3.05) is 18.1 Å². The maximum Gasteiger partial charge on any atom is 0.0946 e. The van der Waals surface area contributed by atoms with Crippen molar-refractivity contribution in [1.82, 2.24) is 9.55 Å². The van der Waals surface area contributed by atoms with Gasteiger partial charge in [0.2, 0.25) is 0 Å². The second-order valence-corrected chi connectivity index (χ2v) is 6.39. The molecular weight excluding hydrogens is 268 g/mol. The molecule has 116 valence electrons. The second-order valence-electron chi connectivity index (χ2n) is 5.24. The van der Waals surface area contributed by atoms with E-state index in [1.54, 1.807) is 0 Å². The summed E-state index contributed by atoms with van der Waals surface area (Å²) in [6.45, 7) is 6.27. The molecule has 1 aromatic heterocycles. The molecule has 1 heterocycles. The number of imidazole rings is 1. The van der Waals surface area contributed by atoms with Crippen molar-refractivity contribution >= 4 is 11.8 Å². The molecular formula is C16H30N2OS. The molecule has 0 saturated heterocycles. The van der Waals surface area contributed by atoms with Crippen LogP contribution in [0.5, 0.6) is 0 Å². The van der Waals surface area contributed by atoms with Crippen molar-refractivity contribution in [2.24, 2.45) is 0 Å². The summed E-state index contributed by atoms with van der Waals surface area (Å²) < 4.78 is 8.13. The Bertz CT molecular complexity index is 303. The number of rotatable bonds is 13. The van der Waals surface area contributed by atoms with Gasteiger partial charge in [-0.1, -0.05) is 39.5 Å².